The van der Waals surface area contributed by atoms with Gasteiger partial charge in [-0.3, -0.25) is 0 Å². The molecule has 186 valence electrons. The molecule has 0 saturated carbocycles. The second-order valence-electron chi connectivity index (χ2n) is 8.37. The van der Waals surface area contributed by atoms with Gasteiger partial charge in [0, 0.05) is 6.08 Å². The lowest BCUT2D eigenvalue weighted by atomic mass is 9.95. The Morgan fingerprint density at radius 2 is 1.41 bits per heavy atom. The number of allylic oxidation sites excluding steroid dienone is 1. The van der Waals surface area contributed by atoms with E-state index in [9.17, 15) is 4.79 Å². The Morgan fingerprint density at radius 1 is 0.784 bits per heavy atom. The van der Waals surface area contributed by atoms with Crippen molar-refractivity contribution in [2.45, 2.75) is 19.8 Å². The Kier molecular flexibility index (Phi) is 10.6. The van der Waals surface area contributed by atoms with Crippen LogP contribution >= 0.6 is 0 Å². The third-order valence-electron chi connectivity index (χ3n) is 5.56. The summed E-state index contributed by atoms with van der Waals surface area (Å²) in [6, 6.07) is 36.9. The van der Waals surface area contributed by atoms with Crippen LogP contribution in [0.25, 0.3) is 11.6 Å². The quantitative estimate of drug-likeness (QED) is 0.119. The van der Waals surface area contributed by atoms with Gasteiger partial charge in [-0.1, -0.05) is 116 Å². The number of hydrazone groups is 1. The van der Waals surface area contributed by atoms with Gasteiger partial charge in [-0.2, -0.15) is 5.10 Å². The highest BCUT2D eigenvalue weighted by Crippen LogP contribution is 2.25. The normalized spacial score (nSPS) is 11.3. The molecule has 0 heterocycles. The summed E-state index contributed by atoms with van der Waals surface area (Å²) < 4.78 is 0. The minimum atomic E-state index is -0.955. The van der Waals surface area contributed by atoms with Gasteiger partial charge in [0.1, 0.15) is 0 Å². The molecule has 0 aliphatic rings. The molecule has 0 atom stereocenters. The van der Waals surface area contributed by atoms with E-state index >= 15 is 0 Å². The summed E-state index contributed by atoms with van der Waals surface area (Å²) in [6.07, 6.45) is 8.43. The van der Waals surface area contributed by atoms with Crippen LogP contribution in [0.1, 0.15) is 46.7 Å². The molecule has 3 N–H and O–H groups in total. The number of carboxylic acid groups (broad SMARTS) is 1. The summed E-state index contributed by atoms with van der Waals surface area (Å²) in [5.41, 5.74) is 7.81. The van der Waals surface area contributed by atoms with Gasteiger partial charge in [0.05, 0.1) is 6.21 Å². The fraction of sp³-hybridized carbons (Fsp3) is 0.0909. The van der Waals surface area contributed by atoms with Gasteiger partial charge in [0.2, 0.25) is 0 Å². The summed E-state index contributed by atoms with van der Waals surface area (Å²) in [4.78, 5) is 10.6. The first-order valence-electron chi connectivity index (χ1n) is 12.2. The maximum atomic E-state index is 10.6. The molecule has 0 aromatic heterocycles. The first-order valence-corrected chi connectivity index (χ1v) is 12.2. The third kappa shape index (κ3) is 9.11. The molecule has 0 bridgehead atoms. The van der Waals surface area contributed by atoms with Crippen LogP contribution in [0.4, 0.5) is 0 Å². The van der Waals surface area contributed by atoms with Crippen molar-refractivity contribution in [2.24, 2.45) is 10.9 Å². The molecule has 0 unspecified atom stereocenters. The van der Waals surface area contributed by atoms with Crippen LogP contribution in [-0.2, 0) is 11.2 Å². The smallest absolute Gasteiger partial charge is 0.328 e. The molecule has 0 radical (unpaired) electrons. The number of benzene rings is 4. The topological polar surface area (TPSA) is 75.7 Å². The van der Waals surface area contributed by atoms with E-state index in [1.54, 1.807) is 12.3 Å². The second-order valence-corrected chi connectivity index (χ2v) is 8.37. The van der Waals surface area contributed by atoms with Crippen molar-refractivity contribution in [2.75, 3.05) is 0 Å². The summed E-state index contributed by atoms with van der Waals surface area (Å²) in [7, 11) is 0. The van der Waals surface area contributed by atoms with Crippen molar-refractivity contribution < 1.29 is 9.90 Å². The zero-order valence-corrected chi connectivity index (χ0v) is 21.0. The molecule has 4 rings (SSSR count). The van der Waals surface area contributed by atoms with Gasteiger partial charge in [-0.15, -0.1) is 0 Å². The number of hydrogen-bond acceptors (Lipinski definition) is 3. The summed E-state index contributed by atoms with van der Waals surface area (Å²) >= 11 is 0. The second kappa shape index (κ2) is 14.6. The number of nitrogens with zero attached hydrogens (tertiary/aromatic N) is 1. The Hall–Kier alpha value is -4.70. The monoisotopic (exact) mass is 488 g/mol. The molecule has 0 amide bonds. The highest BCUT2D eigenvalue weighted by molar-refractivity contribution is 5.87. The van der Waals surface area contributed by atoms with E-state index in [-0.39, 0.29) is 0 Å². The Bertz CT molecular complexity index is 1300. The number of rotatable bonds is 8. The van der Waals surface area contributed by atoms with Gasteiger partial charge in [-0.25, -0.2) is 4.79 Å². The van der Waals surface area contributed by atoms with E-state index in [1.165, 1.54) is 11.1 Å². The standard InChI is InChI=1S/C20H20N2O2.C13H12/c1-2-4-19(18-6-3-5-16(13-18)14-22-21)17-10-7-15(8-11-17)9-12-20(23)24;1-3-7-12(8-4-1)11-13-9-5-2-6-10-13/h3-14H,2,21H2,1H3,(H,23,24);1-10H,11H2/b12-9+,19-4-,22-14-;. The van der Waals surface area contributed by atoms with Gasteiger partial charge in [0.15, 0.2) is 0 Å². The Morgan fingerprint density at radius 3 is 1.95 bits per heavy atom. The Labute approximate surface area is 219 Å². The van der Waals surface area contributed by atoms with Crippen LogP contribution in [0.3, 0.4) is 0 Å². The Balaban J connectivity index is 0.000000244. The van der Waals surface area contributed by atoms with Gasteiger partial charge in [-0.05, 0) is 63.9 Å². The third-order valence-corrected chi connectivity index (χ3v) is 5.56. The minimum Gasteiger partial charge on any atom is -0.478 e. The number of hydrogen-bond donors (Lipinski definition) is 2. The van der Waals surface area contributed by atoms with Crippen molar-refractivity contribution in [1.82, 2.24) is 0 Å². The molecular formula is C33H32N2O2. The highest BCUT2D eigenvalue weighted by atomic mass is 16.4. The highest BCUT2D eigenvalue weighted by Gasteiger charge is 2.05. The van der Waals surface area contributed by atoms with Crippen LogP contribution in [0.2, 0.25) is 0 Å². The molecule has 0 aliphatic carbocycles. The average Bonchev–Trinajstić information content (AvgIpc) is 2.93. The molecule has 4 aromatic rings. The van der Waals surface area contributed by atoms with Crippen molar-refractivity contribution in [1.29, 1.82) is 0 Å². The van der Waals surface area contributed by atoms with E-state index < -0.39 is 5.97 Å². The number of nitrogens with two attached hydrogens (primary N) is 1. The summed E-state index contributed by atoms with van der Waals surface area (Å²) in [5.74, 6) is 4.27. The first kappa shape index (κ1) is 26.9. The molecule has 4 nitrogen and oxygen atoms in total. The lowest BCUT2D eigenvalue weighted by molar-refractivity contribution is -0.131. The molecule has 0 aliphatic heterocycles. The molecule has 0 saturated heterocycles. The predicted molar refractivity (Wildman–Crippen MR) is 154 cm³/mol. The maximum Gasteiger partial charge on any atom is 0.328 e. The summed E-state index contributed by atoms with van der Waals surface area (Å²) in [5, 5.41) is 12.3. The molecule has 0 fully saturated rings. The molecule has 4 aromatic carbocycles. The van der Waals surface area contributed by atoms with E-state index in [1.807, 2.05) is 48.5 Å². The predicted octanol–water partition coefficient (Wildman–Crippen LogP) is 7.20. The van der Waals surface area contributed by atoms with Gasteiger partial charge in [0.25, 0.3) is 0 Å². The maximum absolute atomic E-state index is 10.6. The zero-order valence-electron chi connectivity index (χ0n) is 21.0. The van der Waals surface area contributed by atoms with Gasteiger partial charge >= 0.3 is 5.97 Å². The molecule has 4 heteroatoms. The van der Waals surface area contributed by atoms with Crippen LogP contribution in [-0.4, -0.2) is 17.3 Å². The van der Waals surface area contributed by atoms with Crippen LogP contribution < -0.4 is 5.84 Å². The van der Waals surface area contributed by atoms with Crippen molar-refractivity contribution in [3.63, 3.8) is 0 Å². The molecule has 0 spiro atoms. The van der Waals surface area contributed by atoms with Crippen molar-refractivity contribution in [3.05, 3.63) is 155 Å². The first-order chi connectivity index (χ1) is 18.1. The SMILES string of the molecule is CC/C=C(/c1ccc(/C=C/C(=O)O)cc1)c1cccc(/C=N\N)c1.c1ccc(Cc2ccccc2)cc1. The zero-order chi connectivity index (χ0) is 26.3. The van der Waals surface area contributed by atoms with E-state index in [4.69, 9.17) is 10.9 Å². The van der Waals surface area contributed by atoms with Crippen molar-refractivity contribution >= 4 is 23.8 Å². The number of aliphatic carboxylic acids is 1. The molecular weight excluding hydrogens is 456 g/mol. The lowest BCUT2D eigenvalue weighted by Crippen LogP contribution is -1.92. The fourth-order valence-electron chi connectivity index (χ4n) is 3.85. The van der Waals surface area contributed by atoms with Crippen LogP contribution in [0.15, 0.2) is 126 Å². The number of carbonyl (C=O) groups is 1. The lowest BCUT2D eigenvalue weighted by Gasteiger charge is -2.10. The van der Waals surface area contributed by atoms with Gasteiger partial charge < -0.3 is 10.9 Å². The average molecular weight is 489 g/mol. The van der Waals surface area contributed by atoms with E-state index in [0.717, 1.165) is 46.7 Å². The number of carboxylic acids is 1. The minimum absolute atomic E-state index is 0.848. The van der Waals surface area contributed by atoms with Crippen LogP contribution in [0, 0.1) is 0 Å². The van der Waals surface area contributed by atoms with E-state index in [2.05, 4.69) is 78.8 Å². The van der Waals surface area contributed by atoms with Crippen molar-refractivity contribution in [3.8, 4) is 0 Å². The largest absolute Gasteiger partial charge is 0.478 e. The van der Waals surface area contributed by atoms with E-state index in [0.29, 0.717) is 0 Å². The fourth-order valence-corrected chi connectivity index (χ4v) is 3.85. The summed E-state index contributed by atoms with van der Waals surface area (Å²) in [6.45, 7) is 2.09. The molecule has 37 heavy (non-hydrogen) atoms. The van der Waals surface area contributed by atoms with Crippen LogP contribution in [0.5, 0.6) is 0 Å².